The SMILES string of the molecule is CC(C)(C)CP(=O)(Oc1ccccc1)Oc1ccccc1. The van der Waals surface area contributed by atoms with E-state index in [2.05, 4.69) is 0 Å². The zero-order valence-electron chi connectivity index (χ0n) is 12.7. The Hall–Kier alpha value is -1.73. The Morgan fingerprint density at radius 2 is 1.19 bits per heavy atom. The van der Waals surface area contributed by atoms with Gasteiger partial charge < -0.3 is 9.05 Å². The molecular weight excluding hydrogens is 283 g/mol. The molecule has 0 aliphatic rings. The Morgan fingerprint density at radius 1 is 0.810 bits per heavy atom. The fraction of sp³-hybridized carbons (Fsp3) is 0.294. The first kappa shape index (κ1) is 15.7. The summed E-state index contributed by atoms with van der Waals surface area (Å²) in [5, 5.41) is 0. The van der Waals surface area contributed by atoms with Crippen LogP contribution < -0.4 is 9.05 Å². The molecule has 0 saturated carbocycles. The van der Waals surface area contributed by atoms with Crippen LogP contribution >= 0.6 is 7.60 Å². The highest BCUT2D eigenvalue weighted by atomic mass is 31.2. The van der Waals surface area contributed by atoms with Gasteiger partial charge in [0, 0.05) is 0 Å². The Balaban J connectivity index is 2.24. The van der Waals surface area contributed by atoms with Crippen LogP contribution in [0.4, 0.5) is 0 Å². The number of hydrogen-bond donors (Lipinski definition) is 0. The van der Waals surface area contributed by atoms with Crippen molar-refractivity contribution in [1.29, 1.82) is 0 Å². The van der Waals surface area contributed by atoms with Crippen LogP contribution in [0.1, 0.15) is 20.8 Å². The van der Waals surface area contributed by atoms with Crippen LogP contribution in [0, 0.1) is 5.41 Å². The molecule has 0 radical (unpaired) electrons. The number of rotatable bonds is 5. The van der Waals surface area contributed by atoms with Gasteiger partial charge >= 0.3 is 7.60 Å². The van der Waals surface area contributed by atoms with E-state index in [9.17, 15) is 4.57 Å². The van der Waals surface area contributed by atoms with Crippen molar-refractivity contribution in [2.24, 2.45) is 5.41 Å². The second-order valence-electron chi connectivity index (χ2n) is 6.14. The predicted octanol–water partition coefficient (Wildman–Crippen LogP) is 5.38. The maximum atomic E-state index is 13.1. The number of benzene rings is 2. The minimum Gasteiger partial charge on any atom is -0.416 e. The van der Waals surface area contributed by atoms with Crippen molar-refractivity contribution < 1.29 is 13.6 Å². The summed E-state index contributed by atoms with van der Waals surface area (Å²) in [5.74, 6) is 1.11. The summed E-state index contributed by atoms with van der Waals surface area (Å²) in [4.78, 5) is 0. The highest BCUT2D eigenvalue weighted by molar-refractivity contribution is 7.54. The summed E-state index contributed by atoms with van der Waals surface area (Å²) < 4.78 is 24.6. The van der Waals surface area contributed by atoms with E-state index in [1.54, 1.807) is 24.3 Å². The minimum absolute atomic E-state index is 0.168. The van der Waals surface area contributed by atoms with Gasteiger partial charge in [0.2, 0.25) is 0 Å². The summed E-state index contributed by atoms with van der Waals surface area (Å²) in [6.45, 7) is 6.05. The zero-order chi connectivity index (χ0) is 15.3. The Bertz CT molecular complexity index is 557. The van der Waals surface area contributed by atoms with Crippen LogP contribution in [0.5, 0.6) is 11.5 Å². The van der Waals surface area contributed by atoms with Crippen LogP contribution in [0.15, 0.2) is 60.7 Å². The average molecular weight is 304 g/mol. The van der Waals surface area contributed by atoms with Crippen molar-refractivity contribution in [3.63, 3.8) is 0 Å². The fourth-order valence-electron chi connectivity index (χ4n) is 1.95. The summed E-state index contributed by atoms with van der Waals surface area (Å²) in [7, 11) is -3.28. The van der Waals surface area contributed by atoms with Gasteiger partial charge in [-0.2, -0.15) is 0 Å². The van der Waals surface area contributed by atoms with Crippen LogP contribution in [0.2, 0.25) is 0 Å². The topological polar surface area (TPSA) is 35.5 Å². The summed E-state index contributed by atoms with van der Waals surface area (Å²) in [6.07, 6.45) is 0.337. The van der Waals surface area contributed by atoms with Gasteiger partial charge in [0.15, 0.2) is 0 Å². The minimum atomic E-state index is -3.28. The lowest BCUT2D eigenvalue weighted by molar-refractivity contribution is 0.354. The van der Waals surface area contributed by atoms with Gasteiger partial charge in [0.05, 0.1) is 6.16 Å². The van der Waals surface area contributed by atoms with Gasteiger partial charge in [0.1, 0.15) is 11.5 Å². The molecule has 0 atom stereocenters. The van der Waals surface area contributed by atoms with Crippen molar-refractivity contribution in [2.75, 3.05) is 6.16 Å². The fourth-order valence-corrected chi connectivity index (χ4v) is 4.16. The van der Waals surface area contributed by atoms with Gasteiger partial charge in [-0.15, -0.1) is 0 Å². The molecule has 0 amide bonds. The van der Waals surface area contributed by atoms with Gasteiger partial charge in [-0.25, -0.2) is 4.57 Å². The van der Waals surface area contributed by atoms with Gasteiger partial charge in [-0.05, 0) is 29.7 Å². The summed E-state index contributed by atoms with van der Waals surface area (Å²) in [6, 6.07) is 18.3. The first-order valence-electron chi connectivity index (χ1n) is 6.95. The largest absolute Gasteiger partial charge is 0.431 e. The molecule has 0 aliphatic heterocycles. The van der Waals surface area contributed by atoms with Gasteiger partial charge in [-0.1, -0.05) is 57.2 Å². The van der Waals surface area contributed by atoms with E-state index >= 15 is 0 Å². The second-order valence-corrected chi connectivity index (χ2v) is 8.04. The predicted molar refractivity (Wildman–Crippen MR) is 86.1 cm³/mol. The van der Waals surface area contributed by atoms with Crippen LogP contribution in [0.25, 0.3) is 0 Å². The molecule has 2 rings (SSSR count). The lowest BCUT2D eigenvalue weighted by Gasteiger charge is -2.26. The molecule has 0 N–H and O–H groups in total. The number of hydrogen-bond acceptors (Lipinski definition) is 3. The molecule has 3 nitrogen and oxygen atoms in total. The molecule has 0 spiro atoms. The van der Waals surface area contributed by atoms with E-state index in [1.165, 1.54) is 0 Å². The molecular formula is C17H21O3P. The lowest BCUT2D eigenvalue weighted by atomic mass is 10.0. The Kier molecular flexibility index (Phi) is 4.74. The quantitative estimate of drug-likeness (QED) is 0.695. The van der Waals surface area contributed by atoms with Crippen LogP contribution in [0.3, 0.4) is 0 Å². The molecule has 0 saturated heterocycles. The molecule has 2 aromatic carbocycles. The van der Waals surface area contributed by atoms with Crippen molar-refractivity contribution >= 4 is 7.60 Å². The monoisotopic (exact) mass is 304 g/mol. The first-order chi connectivity index (χ1) is 9.86. The normalized spacial score (nSPS) is 12.0. The van der Waals surface area contributed by atoms with Gasteiger partial charge in [-0.3, -0.25) is 0 Å². The van der Waals surface area contributed by atoms with E-state index in [4.69, 9.17) is 9.05 Å². The van der Waals surface area contributed by atoms with Crippen molar-refractivity contribution in [1.82, 2.24) is 0 Å². The summed E-state index contributed by atoms with van der Waals surface area (Å²) in [5.41, 5.74) is -0.168. The summed E-state index contributed by atoms with van der Waals surface area (Å²) >= 11 is 0. The molecule has 0 fully saturated rings. The standard InChI is InChI=1S/C17H21O3P/c1-17(2,3)14-21(18,19-15-10-6-4-7-11-15)20-16-12-8-5-9-13-16/h4-13H,14H2,1-3H3. The molecule has 0 aliphatic carbocycles. The van der Waals surface area contributed by atoms with E-state index in [0.717, 1.165) is 0 Å². The molecule has 0 bridgehead atoms. The zero-order valence-corrected chi connectivity index (χ0v) is 13.5. The van der Waals surface area contributed by atoms with Crippen LogP contribution in [-0.2, 0) is 4.57 Å². The van der Waals surface area contributed by atoms with E-state index in [-0.39, 0.29) is 5.41 Å². The first-order valence-corrected chi connectivity index (χ1v) is 8.68. The third-order valence-corrected chi connectivity index (χ3v) is 4.96. The molecule has 2 aromatic rings. The Labute approximate surface area is 126 Å². The van der Waals surface area contributed by atoms with Crippen molar-refractivity contribution in [3.05, 3.63) is 60.7 Å². The third kappa shape index (κ3) is 5.28. The van der Waals surface area contributed by atoms with Crippen molar-refractivity contribution in [2.45, 2.75) is 20.8 Å². The smallest absolute Gasteiger partial charge is 0.416 e. The maximum Gasteiger partial charge on any atom is 0.431 e. The van der Waals surface area contributed by atoms with Gasteiger partial charge in [0.25, 0.3) is 0 Å². The highest BCUT2D eigenvalue weighted by Crippen LogP contribution is 2.52. The second kappa shape index (κ2) is 6.36. The molecule has 21 heavy (non-hydrogen) atoms. The highest BCUT2D eigenvalue weighted by Gasteiger charge is 2.34. The molecule has 0 unspecified atom stereocenters. The molecule has 112 valence electrons. The average Bonchev–Trinajstić information content (AvgIpc) is 2.38. The molecule has 0 heterocycles. The Morgan fingerprint density at radius 3 is 1.52 bits per heavy atom. The van der Waals surface area contributed by atoms with E-state index < -0.39 is 7.60 Å². The lowest BCUT2D eigenvalue weighted by Crippen LogP contribution is -2.17. The molecule has 4 heteroatoms. The molecule has 0 aromatic heterocycles. The maximum absolute atomic E-state index is 13.1. The van der Waals surface area contributed by atoms with Crippen molar-refractivity contribution in [3.8, 4) is 11.5 Å². The van der Waals surface area contributed by atoms with E-state index in [0.29, 0.717) is 17.7 Å². The number of para-hydroxylation sites is 2. The van der Waals surface area contributed by atoms with E-state index in [1.807, 2.05) is 57.2 Å². The third-order valence-electron chi connectivity index (χ3n) is 2.64. The van der Waals surface area contributed by atoms with Crippen LogP contribution in [-0.4, -0.2) is 6.16 Å².